The van der Waals surface area contributed by atoms with Crippen LogP contribution in [0.4, 0.5) is 0 Å². The second-order valence-electron chi connectivity index (χ2n) is 3.42. The van der Waals surface area contributed by atoms with E-state index in [1.54, 1.807) is 0 Å². The van der Waals surface area contributed by atoms with Crippen LogP contribution < -0.4 is 5.32 Å². The van der Waals surface area contributed by atoms with Gasteiger partial charge in [0.2, 0.25) is 0 Å². The molecule has 0 aliphatic carbocycles. The summed E-state index contributed by atoms with van der Waals surface area (Å²) >= 11 is 0. The molecule has 1 heterocycles. The zero-order chi connectivity index (χ0) is 8.81. The largest absolute Gasteiger partial charge is 0.304 e. The molecule has 1 fully saturated rings. The van der Waals surface area contributed by atoms with Crippen molar-refractivity contribution >= 4 is 0 Å². The molecule has 3 heteroatoms. The van der Waals surface area contributed by atoms with Gasteiger partial charge >= 0.3 is 0 Å². The predicted octanol–water partition coefficient (Wildman–Crippen LogP) is 0.353. The number of hydrogen-bond acceptors (Lipinski definition) is 3. The molecule has 0 unspecified atom stereocenters. The van der Waals surface area contributed by atoms with Crippen LogP contribution in [0.15, 0.2) is 0 Å². The van der Waals surface area contributed by atoms with Crippen LogP contribution in [-0.2, 0) is 0 Å². The molecule has 1 N–H and O–H groups in total. The Morgan fingerprint density at radius 2 is 1.92 bits per heavy atom. The van der Waals surface area contributed by atoms with Crippen LogP contribution in [0.2, 0.25) is 0 Å². The van der Waals surface area contributed by atoms with Gasteiger partial charge in [0.1, 0.15) is 0 Å². The molecular weight excluding hydrogens is 150 g/mol. The normalized spacial score (nSPS) is 21.5. The molecule has 1 rings (SSSR count). The van der Waals surface area contributed by atoms with E-state index >= 15 is 0 Å². The van der Waals surface area contributed by atoms with E-state index in [-0.39, 0.29) is 0 Å². The first-order valence-corrected chi connectivity index (χ1v) is 4.82. The monoisotopic (exact) mass is 170 g/mol. The van der Waals surface area contributed by atoms with Crippen LogP contribution in [0, 0.1) is 6.67 Å². The van der Waals surface area contributed by atoms with Crippen LogP contribution >= 0.6 is 0 Å². The summed E-state index contributed by atoms with van der Waals surface area (Å²) in [6.07, 6.45) is 1.20. The quantitative estimate of drug-likeness (QED) is 0.614. The Kier molecular flexibility index (Phi) is 4.58. The van der Waals surface area contributed by atoms with Gasteiger partial charge in [0.15, 0.2) is 0 Å². The standard InChI is InChI=1S/C9H20N3/c1-3-4-10-9-12-7-5-11(2)6-8-12/h9-10H,3-8H2,1-2H3. The topological polar surface area (TPSA) is 18.5 Å². The van der Waals surface area contributed by atoms with Gasteiger partial charge in [-0.15, -0.1) is 0 Å². The SMILES string of the molecule is CCCN[CH]N1CCN(C)CC1. The number of piperazine rings is 1. The van der Waals surface area contributed by atoms with Gasteiger partial charge in [0.25, 0.3) is 0 Å². The maximum absolute atomic E-state index is 3.30. The summed E-state index contributed by atoms with van der Waals surface area (Å²) in [5.41, 5.74) is 0. The lowest BCUT2D eigenvalue weighted by molar-refractivity contribution is 0.173. The summed E-state index contributed by atoms with van der Waals surface area (Å²) in [5, 5.41) is 3.30. The summed E-state index contributed by atoms with van der Waals surface area (Å²) in [7, 11) is 2.18. The van der Waals surface area contributed by atoms with Crippen LogP contribution in [0.5, 0.6) is 0 Å². The van der Waals surface area contributed by atoms with Gasteiger partial charge in [0.05, 0.1) is 6.67 Å². The Bertz CT molecular complexity index is 108. The van der Waals surface area contributed by atoms with E-state index in [0.29, 0.717) is 0 Å². The molecule has 0 spiro atoms. The molecule has 12 heavy (non-hydrogen) atoms. The van der Waals surface area contributed by atoms with Crippen molar-refractivity contribution in [3.05, 3.63) is 6.67 Å². The molecule has 1 aliphatic heterocycles. The van der Waals surface area contributed by atoms with Gasteiger partial charge in [-0.2, -0.15) is 0 Å². The molecule has 1 aliphatic rings. The molecule has 0 aromatic carbocycles. The highest BCUT2D eigenvalue weighted by Crippen LogP contribution is 1.98. The first-order chi connectivity index (χ1) is 5.83. The Labute approximate surface area is 75.7 Å². The minimum Gasteiger partial charge on any atom is -0.304 e. The molecule has 0 amide bonds. The van der Waals surface area contributed by atoms with E-state index in [1.807, 2.05) is 0 Å². The van der Waals surface area contributed by atoms with E-state index in [4.69, 9.17) is 0 Å². The lowest BCUT2D eigenvalue weighted by Gasteiger charge is -2.31. The summed E-state index contributed by atoms with van der Waals surface area (Å²) < 4.78 is 0. The molecule has 0 atom stereocenters. The van der Waals surface area contributed by atoms with Crippen molar-refractivity contribution < 1.29 is 0 Å². The molecule has 3 nitrogen and oxygen atoms in total. The molecule has 1 saturated heterocycles. The Morgan fingerprint density at radius 1 is 1.25 bits per heavy atom. The summed E-state index contributed by atoms with van der Waals surface area (Å²) in [6, 6.07) is 0. The fraction of sp³-hybridized carbons (Fsp3) is 0.889. The fourth-order valence-corrected chi connectivity index (χ4v) is 1.29. The lowest BCUT2D eigenvalue weighted by atomic mass is 10.3. The minimum absolute atomic E-state index is 1.09. The van der Waals surface area contributed by atoms with E-state index in [9.17, 15) is 0 Å². The zero-order valence-corrected chi connectivity index (χ0v) is 8.21. The number of nitrogens with zero attached hydrogens (tertiary/aromatic N) is 2. The van der Waals surface area contributed by atoms with Crippen molar-refractivity contribution in [1.29, 1.82) is 0 Å². The van der Waals surface area contributed by atoms with Gasteiger partial charge in [-0.3, -0.25) is 10.2 Å². The lowest BCUT2D eigenvalue weighted by Crippen LogP contribution is -2.45. The van der Waals surface area contributed by atoms with Gasteiger partial charge < -0.3 is 4.90 Å². The third kappa shape index (κ3) is 3.52. The first kappa shape index (κ1) is 9.96. The summed E-state index contributed by atoms with van der Waals surface area (Å²) in [5.74, 6) is 0. The molecule has 0 aromatic heterocycles. The molecule has 0 saturated carbocycles. The third-order valence-electron chi connectivity index (χ3n) is 2.21. The second kappa shape index (κ2) is 5.51. The average Bonchev–Trinajstić information content (AvgIpc) is 2.09. The predicted molar refractivity (Wildman–Crippen MR) is 51.7 cm³/mol. The highest BCUT2D eigenvalue weighted by molar-refractivity contribution is 4.73. The first-order valence-electron chi connectivity index (χ1n) is 4.82. The fourth-order valence-electron chi connectivity index (χ4n) is 1.29. The van der Waals surface area contributed by atoms with Crippen molar-refractivity contribution in [1.82, 2.24) is 15.1 Å². The maximum atomic E-state index is 3.30. The Morgan fingerprint density at radius 3 is 2.50 bits per heavy atom. The molecule has 71 valence electrons. The van der Waals surface area contributed by atoms with Crippen LogP contribution in [0.1, 0.15) is 13.3 Å². The van der Waals surface area contributed by atoms with Crippen molar-refractivity contribution in [2.75, 3.05) is 39.8 Å². The Balaban J connectivity index is 2.01. The van der Waals surface area contributed by atoms with Gasteiger partial charge in [0, 0.05) is 26.2 Å². The van der Waals surface area contributed by atoms with Gasteiger partial charge in [-0.25, -0.2) is 0 Å². The van der Waals surface area contributed by atoms with Gasteiger partial charge in [-0.05, 0) is 20.0 Å². The molecular formula is C9H20N3. The van der Waals surface area contributed by atoms with E-state index < -0.39 is 0 Å². The zero-order valence-electron chi connectivity index (χ0n) is 8.21. The number of rotatable bonds is 4. The highest BCUT2D eigenvalue weighted by Gasteiger charge is 2.12. The van der Waals surface area contributed by atoms with Crippen LogP contribution in [-0.4, -0.2) is 49.6 Å². The molecule has 0 aromatic rings. The number of likely N-dealkylation sites (N-methyl/N-ethyl adjacent to an activating group) is 1. The van der Waals surface area contributed by atoms with Gasteiger partial charge in [-0.1, -0.05) is 6.92 Å². The molecule has 0 bridgehead atoms. The minimum atomic E-state index is 1.09. The van der Waals surface area contributed by atoms with Crippen molar-refractivity contribution in [2.24, 2.45) is 0 Å². The van der Waals surface area contributed by atoms with Crippen molar-refractivity contribution in [3.8, 4) is 0 Å². The highest BCUT2D eigenvalue weighted by atomic mass is 15.3. The second-order valence-corrected chi connectivity index (χ2v) is 3.42. The maximum Gasteiger partial charge on any atom is 0.0894 e. The number of hydrogen-bond donors (Lipinski definition) is 1. The molecule has 1 radical (unpaired) electrons. The van der Waals surface area contributed by atoms with Crippen molar-refractivity contribution in [2.45, 2.75) is 13.3 Å². The van der Waals surface area contributed by atoms with E-state index in [2.05, 4.69) is 35.8 Å². The summed E-state index contributed by atoms with van der Waals surface area (Å²) in [6.45, 7) is 10.1. The van der Waals surface area contributed by atoms with Crippen LogP contribution in [0.3, 0.4) is 0 Å². The number of nitrogens with one attached hydrogen (secondary N) is 1. The van der Waals surface area contributed by atoms with E-state index in [0.717, 1.165) is 19.6 Å². The smallest absolute Gasteiger partial charge is 0.0894 e. The Hall–Kier alpha value is -0.120. The van der Waals surface area contributed by atoms with Crippen molar-refractivity contribution in [3.63, 3.8) is 0 Å². The van der Waals surface area contributed by atoms with Crippen LogP contribution in [0.25, 0.3) is 0 Å². The van der Waals surface area contributed by atoms with E-state index in [1.165, 1.54) is 19.5 Å². The summed E-state index contributed by atoms with van der Waals surface area (Å²) in [4.78, 5) is 4.72. The third-order valence-corrected chi connectivity index (χ3v) is 2.21. The average molecular weight is 170 g/mol.